The molecule has 1 fully saturated rings. The van der Waals surface area contributed by atoms with E-state index in [1.54, 1.807) is 36.5 Å². The second kappa shape index (κ2) is 40.3. The Labute approximate surface area is 452 Å². The first-order valence-corrected chi connectivity index (χ1v) is 28.9. The van der Waals surface area contributed by atoms with Gasteiger partial charge in [0.25, 0.3) is 0 Å². The minimum atomic E-state index is -5.54. The Kier molecular flexibility index (Phi) is 35.6. The summed E-state index contributed by atoms with van der Waals surface area (Å²) in [5.41, 5.74) is 4.55. The molecule has 1 aliphatic rings. The van der Waals surface area contributed by atoms with Crippen LogP contribution in [0, 0.1) is 0 Å². The van der Waals surface area contributed by atoms with Crippen molar-refractivity contribution in [2.24, 2.45) is 0 Å². The molecule has 23 heteroatoms. The third-order valence-electron chi connectivity index (χ3n) is 10.9. The fourth-order valence-corrected chi connectivity index (χ4v) is 8.91. The number of phosphoric acid groups is 2. The molecule has 2 unspecified atom stereocenters. The molecule has 1 aromatic rings. The fraction of sp³-hybridized carbons (Fsp3) is 0.519. The highest BCUT2D eigenvalue weighted by Crippen LogP contribution is 2.60. The number of hydrogen-bond acceptors (Lipinski definition) is 18. The Morgan fingerprint density at radius 2 is 1.30 bits per heavy atom. The van der Waals surface area contributed by atoms with Crippen molar-refractivity contribution >= 4 is 33.4 Å². The van der Waals surface area contributed by atoms with Crippen molar-refractivity contribution in [3.8, 4) is 0 Å². The lowest BCUT2D eigenvalue weighted by molar-refractivity contribution is -0.161. The second-order valence-corrected chi connectivity index (χ2v) is 20.5. The number of nitrogens with two attached hydrogens (primary N) is 1. The van der Waals surface area contributed by atoms with Crippen LogP contribution in [0.15, 0.2) is 139 Å². The van der Waals surface area contributed by atoms with E-state index in [1.165, 1.54) is 18.2 Å². The molecule has 0 aliphatic carbocycles. The highest BCUT2D eigenvalue weighted by molar-refractivity contribution is 7.61. The van der Waals surface area contributed by atoms with Crippen LogP contribution in [0.1, 0.15) is 116 Å². The molecular weight excluding hydrogens is 1040 g/mol. The van der Waals surface area contributed by atoms with Gasteiger partial charge in [0.1, 0.15) is 30.7 Å². The summed E-state index contributed by atoms with van der Waals surface area (Å²) in [5, 5.41) is 51.7. The average molecular weight is 1120 g/mol. The lowest BCUT2D eigenvalue weighted by atomic mass is 10.1. The van der Waals surface area contributed by atoms with Crippen LogP contribution in [0.25, 0.3) is 0 Å². The summed E-state index contributed by atoms with van der Waals surface area (Å²) in [7, 11) is -11.0. The number of nitrogen functional groups attached to an aromatic ring is 1. The molecular formula is C54H81N3O18P2. The van der Waals surface area contributed by atoms with E-state index in [0.717, 1.165) is 62.1 Å². The number of aromatic nitrogens is 2. The number of hydrogen-bond donors (Lipinski definition) is 8. The molecule has 0 radical (unpaired) electrons. The molecule has 2 heterocycles. The maximum Gasteiger partial charge on any atom is 0.481 e. The predicted octanol–water partition coefficient (Wildman–Crippen LogP) is 7.69. The van der Waals surface area contributed by atoms with Crippen LogP contribution >= 0.6 is 15.6 Å². The number of phosphoric ester groups is 2. The first-order chi connectivity index (χ1) is 36.9. The first-order valence-electron chi connectivity index (χ1n) is 25.9. The summed E-state index contributed by atoms with van der Waals surface area (Å²) in [4.78, 5) is 62.0. The third-order valence-corrected chi connectivity index (χ3v) is 13.5. The Balaban J connectivity index is 1.91. The zero-order chi connectivity index (χ0) is 56.7. The largest absolute Gasteiger partial charge is 0.481 e. The summed E-state index contributed by atoms with van der Waals surface area (Å²) in [6.45, 7) is 1.47. The Hall–Kier alpha value is -4.96. The van der Waals surface area contributed by atoms with Crippen LogP contribution in [-0.4, -0.2) is 119 Å². The molecule has 10 atom stereocenters. The van der Waals surface area contributed by atoms with Gasteiger partial charge in [-0.15, -0.1) is 0 Å². The minimum absolute atomic E-state index is 0.00550. The van der Waals surface area contributed by atoms with Crippen molar-refractivity contribution in [3.63, 3.8) is 0 Å². The smallest absolute Gasteiger partial charge is 0.462 e. The summed E-state index contributed by atoms with van der Waals surface area (Å²) in [5.74, 6) is -1.71. The van der Waals surface area contributed by atoms with Gasteiger partial charge in [-0.2, -0.15) is 9.29 Å². The monoisotopic (exact) mass is 1120 g/mol. The van der Waals surface area contributed by atoms with E-state index in [0.29, 0.717) is 19.3 Å². The van der Waals surface area contributed by atoms with Crippen LogP contribution in [0.3, 0.4) is 0 Å². The molecule has 0 bridgehead atoms. The molecule has 1 aliphatic heterocycles. The minimum Gasteiger partial charge on any atom is -0.462 e. The zero-order valence-electron chi connectivity index (χ0n) is 44.0. The average Bonchev–Trinajstić information content (AvgIpc) is 3.66. The van der Waals surface area contributed by atoms with Crippen molar-refractivity contribution in [1.29, 1.82) is 0 Å². The van der Waals surface area contributed by atoms with Gasteiger partial charge >= 0.3 is 33.3 Å². The number of carbonyl (C=O) groups excluding carboxylic acids is 2. The van der Waals surface area contributed by atoms with Crippen molar-refractivity contribution < 1.29 is 81.6 Å². The van der Waals surface area contributed by atoms with Gasteiger partial charge in [0.2, 0.25) is 0 Å². The van der Waals surface area contributed by atoms with Gasteiger partial charge in [-0.05, 0) is 83.1 Å². The number of aliphatic hydroxyl groups is 5. The van der Waals surface area contributed by atoms with E-state index >= 15 is 0 Å². The van der Waals surface area contributed by atoms with Gasteiger partial charge in [-0.25, -0.2) is 13.9 Å². The molecule has 77 heavy (non-hydrogen) atoms. The molecule has 430 valence electrons. The zero-order valence-corrected chi connectivity index (χ0v) is 45.8. The SMILES string of the molecule is CC/C=C\C/C=C\C/C=C\C/C=C\C/C=C\CCCCCC(=O)OC[C@H](COP(=O)(O)OP(=O)(O)OC[C@H]1O[C@@H](n2ccc(N)nc2=O)[C@H](O)[C@@H]1O)OC(=O)CCC[C@@H](O)[C@H](O)\C=C/C=C\C=C\C=C\[C@@H](O)C/C=C\CC. The number of carbonyl (C=O) groups is 2. The Bertz CT molecular complexity index is 2330. The highest BCUT2D eigenvalue weighted by atomic mass is 31.3. The normalized spacial score (nSPS) is 20.8. The Morgan fingerprint density at radius 1 is 0.727 bits per heavy atom. The van der Waals surface area contributed by atoms with Crippen molar-refractivity contribution in [2.75, 3.05) is 25.6 Å². The molecule has 2 rings (SSSR count). The van der Waals surface area contributed by atoms with Gasteiger partial charge < -0.3 is 55.3 Å². The number of allylic oxidation sites excluding steroid dienone is 17. The van der Waals surface area contributed by atoms with E-state index < -0.39 is 102 Å². The fourth-order valence-electron chi connectivity index (χ4n) is 6.80. The maximum atomic E-state index is 12.9. The molecule has 21 nitrogen and oxygen atoms in total. The van der Waals surface area contributed by atoms with Gasteiger partial charge in [0.15, 0.2) is 12.3 Å². The first kappa shape index (κ1) is 68.1. The molecule has 0 saturated carbocycles. The second-order valence-electron chi connectivity index (χ2n) is 17.5. The number of ether oxygens (including phenoxy) is 3. The number of anilines is 1. The van der Waals surface area contributed by atoms with Crippen LogP contribution in [-0.2, 0) is 46.3 Å². The lowest BCUT2D eigenvalue weighted by Gasteiger charge is -2.21. The highest BCUT2D eigenvalue weighted by Gasteiger charge is 2.46. The van der Waals surface area contributed by atoms with Crippen LogP contribution in [0.2, 0.25) is 0 Å². The Morgan fingerprint density at radius 3 is 1.94 bits per heavy atom. The van der Waals surface area contributed by atoms with Crippen LogP contribution < -0.4 is 11.4 Å². The van der Waals surface area contributed by atoms with Crippen molar-refractivity contribution in [1.82, 2.24) is 9.55 Å². The summed E-state index contributed by atoms with van der Waals surface area (Å²) in [6, 6.07) is 1.22. The molecule has 0 aromatic carbocycles. The quantitative estimate of drug-likeness (QED) is 0.0103. The number of nitrogens with zero attached hydrogens (tertiary/aromatic N) is 2. The van der Waals surface area contributed by atoms with E-state index in [2.05, 4.69) is 77.0 Å². The van der Waals surface area contributed by atoms with Crippen LogP contribution in [0.4, 0.5) is 5.82 Å². The van der Waals surface area contributed by atoms with Crippen molar-refractivity contribution in [3.05, 3.63) is 144 Å². The molecule has 9 N–H and O–H groups in total. The molecule has 1 saturated heterocycles. The van der Waals surface area contributed by atoms with E-state index in [-0.39, 0.29) is 31.5 Å². The molecule has 0 amide bonds. The van der Waals surface area contributed by atoms with E-state index in [1.807, 2.05) is 19.1 Å². The van der Waals surface area contributed by atoms with Crippen LogP contribution in [0.5, 0.6) is 0 Å². The van der Waals surface area contributed by atoms with E-state index in [9.17, 15) is 58.8 Å². The summed E-state index contributed by atoms with van der Waals surface area (Å²) < 4.78 is 56.5. The number of rotatable bonds is 40. The van der Waals surface area contributed by atoms with Gasteiger partial charge in [-0.3, -0.25) is 23.2 Å². The van der Waals surface area contributed by atoms with Gasteiger partial charge in [-0.1, -0.05) is 142 Å². The summed E-state index contributed by atoms with van der Waals surface area (Å²) in [6.07, 6.45) is 36.3. The standard InChI is InChI=1S/C54H81N3O18P2/c1-3-5-7-8-9-10-11-12-13-14-15-16-17-18-19-20-21-26-30-36-49(61)70-40-44(73-50(62)37-31-35-46(60)45(59)34-29-25-23-22-24-28-33-43(58)32-27-6-4-2)41-71-76(66,67)75-77(68,69)72-42-47-51(63)52(64)53(74-47)57-39-38-48(55)56-54(57)65/h5-7,9-10,12-13,15-16,18-19,22-25,27-29,33-34,38-39,43-47,51-53,58-60,63-64H,3-4,8,11,14,17,20-21,26,30-32,35-37,40-42H2,1-2H3,(H,66,67)(H,68,69)(H2,55,56,65)/b7-5-,10-9-,13-12-,16-15-,19-18-,24-22+,25-23-,27-6-,33-28+,34-29-/t43-,44+,45+,46+,47+,51+,52+,53+/m0/s1. The molecule has 0 spiro atoms. The van der Waals surface area contributed by atoms with Crippen molar-refractivity contribution in [2.45, 2.75) is 159 Å². The van der Waals surface area contributed by atoms with E-state index in [4.69, 9.17) is 29.0 Å². The van der Waals surface area contributed by atoms with Gasteiger partial charge in [0, 0.05) is 19.0 Å². The summed E-state index contributed by atoms with van der Waals surface area (Å²) >= 11 is 0. The number of aliphatic hydroxyl groups excluding tert-OH is 5. The predicted molar refractivity (Wildman–Crippen MR) is 292 cm³/mol. The number of unbranched alkanes of at least 4 members (excludes halogenated alkanes) is 3. The van der Waals surface area contributed by atoms with Gasteiger partial charge in [0.05, 0.1) is 31.5 Å². The lowest BCUT2D eigenvalue weighted by Crippen LogP contribution is -2.36. The topological polar surface area (TPSA) is 326 Å². The third kappa shape index (κ3) is 32.5. The molecule has 1 aromatic heterocycles. The maximum absolute atomic E-state index is 12.9. The number of esters is 2.